The molecule has 2 unspecified atom stereocenters. The Morgan fingerprint density at radius 1 is 1.35 bits per heavy atom. The zero-order valence-electron chi connectivity index (χ0n) is 12.7. The molecule has 0 saturated heterocycles. The van der Waals surface area contributed by atoms with Crippen molar-refractivity contribution in [2.24, 2.45) is 0 Å². The Morgan fingerprint density at radius 3 is 2.70 bits per heavy atom. The predicted octanol–water partition coefficient (Wildman–Crippen LogP) is 2.09. The molecule has 4 heteroatoms. The highest BCUT2D eigenvalue weighted by Gasteiger charge is 2.25. The highest BCUT2D eigenvalue weighted by Crippen LogP contribution is 2.19. The summed E-state index contributed by atoms with van der Waals surface area (Å²) in [7, 11) is 0. The topological polar surface area (TPSA) is 61.7 Å². The van der Waals surface area contributed by atoms with Crippen LogP contribution < -0.4 is 10.1 Å². The third-order valence-corrected chi connectivity index (χ3v) is 3.31. The number of aliphatic hydroxyl groups is 2. The number of rotatable bonds is 9. The van der Waals surface area contributed by atoms with Crippen molar-refractivity contribution in [2.45, 2.75) is 51.9 Å². The van der Waals surface area contributed by atoms with E-state index in [9.17, 15) is 5.11 Å². The maximum atomic E-state index is 9.56. The van der Waals surface area contributed by atoms with Crippen molar-refractivity contribution in [3.8, 4) is 5.75 Å². The highest BCUT2D eigenvalue weighted by molar-refractivity contribution is 5.28. The summed E-state index contributed by atoms with van der Waals surface area (Å²) >= 11 is 0. The van der Waals surface area contributed by atoms with Gasteiger partial charge in [-0.3, -0.25) is 0 Å². The molecule has 3 N–H and O–H groups in total. The van der Waals surface area contributed by atoms with Gasteiger partial charge in [-0.1, -0.05) is 19.1 Å². The van der Waals surface area contributed by atoms with E-state index in [0.29, 0.717) is 6.42 Å². The lowest BCUT2D eigenvalue weighted by Crippen LogP contribution is -2.48. The van der Waals surface area contributed by atoms with E-state index in [-0.39, 0.29) is 24.9 Å². The first-order valence-electron chi connectivity index (χ1n) is 7.25. The Balaban J connectivity index is 2.58. The minimum atomic E-state index is -0.329. The standard InChI is InChI=1S/C16H27NO3/c1-4-8-17-16(3,12-19)10-13(2)20-15-7-5-6-14(9-15)11-18/h5-7,9,13,17-19H,4,8,10-12H2,1-3H3. The first-order valence-corrected chi connectivity index (χ1v) is 7.25. The van der Waals surface area contributed by atoms with Crippen LogP contribution in [0.1, 0.15) is 39.2 Å². The average molecular weight is 281 g/mol. The molecule has 1 aromatic carbocycles. The Kier molecular flexibility index (Phi) is 6.99. The molecule has 1 aromatic rings. The number of ether oxygens (including phenoxy) is 1. The molecule has 2 atom stereocenters. The molecule has 0 aliphatic rings. The van der Waals surface area contributed by atoms with Crippen LogP contribution in [0.25, 0.3) is 0 Å². The van der Waals surface area contributed by atoms with E-state index in [0.717, 1.165) is 24.3 Å². The lowest BCUT2D eigenvalue weighted by molar-refractivity contribution is 0.110. The second-order valence-corrected chi connectivity index (χ2v) is 5.58. The van der Waals surface area contributed by atoms with E-state index < -0.39 is 0 Å². The van der Waals surface area contributed by atoms with Gasteiger partial charge in [-0.15, -0.1) is 0 Å². The lowest BCUT2D eigenvalue weighted by Gasteiger charge is -2.31. The molecule has 0 aliphatic heterocycles. The SMILES string of the molecule is CCCNC(C)(CO)CC(C)Oc1cccc(CO)c1. The number of hydrogen-bond donors (Lipinski definition) is 3. The average Bonchev–Trinajstić information content (AvgIpc) is 2.45. The van der Waals surface area contributed by atoms with E-state index in [1.165, 1.54) is 0 Å². The van der Waals surface area contributed by atoms with Crippen molar-refractivity contribution >= 4 is 0 Å². The van der Waals surface area contributed by atoms with Gasteiger partial charge in [-0.25, -0.2) is 0 Å². The van der Waals surface area contributed by atoms with Gasteiger partial charge in [-0.05, 0) is 44.5 Å². The number of aliphatic hydroxyl groups excluding tert-OH is 2. The summed E-state index contributed by atoms with van der Waals surface area (Å²) in [5, 5.41) is 22.0. The zero-order chi connectivity index (χ0) is 15.0. The summed E-state index contributed by atoms with van der Waals surface area (Å²) in [6.07, 6.45) is 1.72. The molecule has 4 nitrogen and oxygen atoms in total. The van der Waals surface area contributed by atoms with Gasteiger partial charge in [-0.2, -0.15) is 0 Å². The quantitative estimate of drug-likeness (QED) is 0.648. The summed E-state index contributed by atoms with van der Waals surface area (Å²) < 4.78 is 5.87. The Bertz CT molecular complexity index is 397. The first-order chi connectivity index (χ1) is 9.53. The Labute approximate surface area is 121 Å². The van der Waals surface area contributed by atoms with Crippen LogP contribution in [0.4, 0.5) is 0 Å². The summed E-state index contributed by atoms with van der Waals surface area (Å²) in [5.41, 5.74) is 0.507. The summed E-state index contributed by atoms with van der Waals surface area (Å²) in [6.45, 7) is 7.07. The third-order valence-electron chi connectivity index (χ3n) is 3.31. The first kappa shape index (κ1) is 17.0. The van der Waals surface area contributed by atoms with Gasteiger partial charge in [0.25, 0.3) is 0 Å². The van der Waals surface area contributed by atoms with E-state index in [1.807, 2.05) is 38.1 Å². The molecular weight excluding hydrogens is 254 g/mol. The molecule has 0 spiro atoms. The molecule has 0 bridgehead atoms. The molecular formula is C16H27NO3. The van der Waals surface area contributed by atoms with Crippen molar-refractivity contribution in [2.75, 3.05) is 13.2 Å². The van der Waals surface area contributed by atoms with Crippen LogP contribution in [-0.2, 0) is 6.61 Å². The summed E-state index contributed by atoms with van der Waals surface area (Å²) in [5.74, 6) is 0.750. The maximum absolute atomic E-state index is 9.56. The van der Waals surface area contributed by atoms with Crippen LogP contribution in [0.15, 0.2) is 24.3 Å². The smallest absolute Gasteiger partial charge is 0.120 e. The minimum Gasteiger partial charge on any atom is -0.491 e. The predicted molar refractivity (Wildman–Crippen MR) is 80.9 cm³/mol. The molecule has 0 saturated carbocycles. The maximum Gasteiger partial charge on any atom is 0.120 e. The lowest BCUT2D eigenvalue weighted by atomic mass is 9.95. The van der Waals surface area contributed by atoms with Crippen LogP contribution in [0.5, 0.6) is 5.75 Å². The van der Waals surface area contributed by atoms with E-state index in [4.69, 9.17) is 9.84 Å². The van der Waals surface area contributed by atoms with Crippen LogP contribution in [0.3, 0.4) is 0 Å². The fraction of sp³-hybridized carbons (Fsp3) is 0.625. The van der Waals surface area contributed by atoms with Gasteiger partial charge >= 0.3 is 0 Å². The van der Waals surface area contributed by atoms with Gasteiger partial charge in [0.15, 0.2) is 0 Å². The van der Waals surface area contributed by atoms with Crippen LogP contribution in [0.2, 0.25) is 0 Å². The molecule has 1 rings (SSSR count). The van der Waals surface area contributed by atoms with Crippen LogP contribution >= 0.6 is 0 Å². The zero-order valence-corrected chi connectivity index (χ0v) is 12.7. The number of hydrogen-bond acceptors (Lipinski definition) is 4. The second-order valence-electron chi connectivity index (χ2n) is 5.58. The van der Waals surface area contributed by atoms with Gasteiger partial charge < -0.3 is 20.3 Å². The van der Waals surface area contributed by atoms with Crippen LogP contribution in [-0.4, -0.2) is 35.0 Å². The fourth-order valence-corrected chi connectivity index (χ4v) is 2.24. The Hall–Kier alpha value is -1.10. The highest BCUT2D eigenvalue weighted by atomic mass is 16.5. The Morgan fingerprint density at radius 2 is 2.10 bits per heavy atom. The van der Waals surface area contributed by atoms with Crippen molar-refractivity contribution in [1.82, 2.24) is 5.32 Å². The van der Waals surface area contributed by atoms with Gasteiger partial charge in [0, 0.05) is 12.0 Å². The van der Waals surface area contributed by atoms with E-state index >= 15 is 0 Å². The molecule has 20 heavy (non-hydrogen) atoms. The largest absolute Gasteiger partial charge is 0.491 e. The molecule has 0 amide bonds. The normalized spacial score (nSPS) is 15.7. The number of nitrogens with one attached hydrogen (secondary N) is 1. The fourth-order valence-electron chi connectivity index (χ4n) is 2.24. The molecule has 0 heterocycles. The summed E-state index contributed by atoms with van der Waals surface area (Å²) in [6, 6.07) is 7.45. The van der Waals surface area contributed by atoms with Gasteiger partial charge in [0.05, 0.1) is 19.3 Å². The van der Waals surface area contributed by atoms with Gasteiger partial charge in [0.2, 0.25) is 0 Å². The molecule has 114 valence electrons. The third kappa shape index (κ3) is 5.49. The minimum absolute atomic E-state index is 0.0119. The van der Waals surface area contributed by atoms with Crippen LogP contribution in [0, 0.1) is 0 Å². The molecule has 0 fully saturated rings. The monoisotopic (exact) mass is 281 g/mol. The molecule has 0 aromatic heterocycles. The van der Waals surface area contributed by atoms with E-state index in [2.05, 4.69) is 12.2 Å². The second kappa shape index (κ2) is 8.25. The van der Waals surface area contributed by atoms with E-state index in [1.54, 1.807) is 0 Å². The number of benzene rings is 1. The van der Waals surface area contributed by atoms with Crippen molar-refractivity contribution < 1.29 is 14.9 Å². The molecule has 0 radical (unpaired) electrons. The summed E-state index contributed by atoms with van der Waals surface area (Å²) in [4.78, 5) is 0. The molecule has 0 aliphatic carbocycles. The van der Waals surface area contributed by atoms with Crippen molar-refractivity contribution in [3.05, 3.63) is 29.8 Å². The van der Waals surface area contributed by atoms with Crippen molar-refractivity contribution in [3.63, 3.8) is 0 Å². The van der Waals surface area contributed by atoms with Gasteiger partial charge in [0.1, 0.15) is 5.75 Å². The van der Waals surface area contributed by atoms with Crippen molar-refractivity contribution in [1.29, 1.82) is 0 Å².